The molecule has 0 aromatic rings. The van der Waals surface area contributed by atoms with Gasteiger partial charge in [-0.1, -0.05) is 41.0 Å². The Morgan fingerprint density at radius 3 is 2.33 bits per heavy atom. The lowest BCUT2D eigenvalue weighted by molar-refractivity contribution is 0.0983. The Hall–Kier alpha value is -0.0400. The largest absolute Gasteiger partial charge is 0.327 e. The predicted octanol–water partition coefficient (Wildman–Crippen LogP) is 3.82. The second kappa shape index (κ2) is 4.86. The Bertz CT molecular complexity index is 188. The van der Waals surface area contributed by atoms with Crippen LogP contribution in [0.15, 0.2) is 0 Å². The van der Waals surface area contributed by atoms with Crippen LogP contribution in [-0.4, -0.2) is 6.04 Å². The third-order valence-corrected chi connectivity index (χ3v) is 4.55. The first kappa shape index (κ1) is 13.0. The van der Waals surface area contributed by atoms with E-state index >= 15 is 0 Å². The van der Waals surface area contributed by atoms with Gasteiger partial charge in [0, 0.05) is 6.04 Å². The van der Waals surface area contributed by atoms with Gasteiger partial charge in [0.15, 0.2) is 0 Å². The van der Waals surface area contributed by atoms with E-state index in [1.807, 2.05) is 0 Å². The Morgan fingerprint density at radius 1 is 1.27 bits per heavy atom. The van der Waals surface area contributed by atoms with Crippen LogP contribution in [0.25, 0.3) is 0 Å². The molecule has 1 heteroatoms. The lowest BCUT2D eigenvalue weighted by atomic mass is 9.65. The molecule has 0 heterocycles. The van der Waals surface area contributed by atoms with Crippen molar-refractivity contribution in [3.8, 4) is 0 Å². The highest BCUT2D eigenvalue weighted by atomic mass is 14.7. The van der Waals surface area contributed by atoms with Crippen molar-refractivity contribution in [1.82, 2.24) is 0 Å². The summed E-state index contributed by atoms with van der Waals surface area (Å²) in [6.07, 6.45) is 5.18. The molecule has 1 aliphatic rings. The molecule has 15 heavy (non-hydrogen) atoms. The standard InChI is InChI=1S/C14H29N/c1-6-10(2)12-9-11(14(3,4)5)7-8-13(12)15/h10-13H,6-9,15H2,1-5H3. The summed E-state index contributed by atoms with van der Waals surface area (Å²) in [6.45, 7) is 11.8. The van der Waals surface area contributed by atoms with Gasteiger partial charge in [0.1, 0.15) is 0 Å². The van der Waals surface area contributed by atoms with E-state index < -0.39 is 0 Å². The van der Waals surface area contributed by atoms with Crippen molar-refractivity contribution in [2.45, 2.75) is 66.3 Å². The van der Waals surface area contributed by atoms with Gasteiger partial charge < -0.3 is 5.73 Å². The summed E-state index contributed by atoms with van der Waals surface area (Å²) >= 11 is 0. The van der Waals surface area contributed by atoms with E-state index in [1.165, 1.54) is 25.7 Å². The van der Waals surface area contributed by atoms with Gasteiger partial charge in [0.25, 0.3) is 0 Å². The van der Waals surface area contributed by atoms with Gasteiger partial charge >= 0.3 is 0 Å². The molecule has 2 N–H and O–H groups in total. The van der Waals surface area contributed by atoms with Crippen molar-refractivity contribution in [3.63, 3.8) is 0 Å². The molecule has 90 valence electrons. The van der Waals surface area contributed by atoms with E-state index in [-0.39, 0.29) is 0 Å². The fourth-order valence-corrected chi connectivity index (χ4v) is 2.97. The van der Waals surface area contributed by atoms with E-state index in [1.54, 1.807) is 0 Å². The Kier molecular flexibility index (Phi) is 4.22. The van der Waals surface area contributed by atoms with E-state index in [2.05, 4.69) is 34.6 Å². The van der Waals surface area contributed by atoms with Gasteiger partial charge in [-0.05, 0) is 42.4 Å². The maximum Gasteiger partial charge on any atom is 0.00699 e. The third kappa shape index (κ3) is 3.21. The maximum absolute atomic E-state index is 6.26. The summed E-state index contributed by atoms with van der Waals surface area (Å²) < 4.78 is 0. The predicted molar refractivity (Wildman–Crippen MR) is 67.7 cm³/mol. The molecule has 1 saturated carbocycles. The molecule has 0 aromatic heterocycles. The first-order valence-electron chi connectivity index (χ1n) is 6.61. The van der Waals surface area contributed by atoms with Gasteiger partial charge in [-0.2, -0.15) is 0 Å². The summed E-state index contributed by atoms with van der Waals surface area (Å²) in [5, 5.41) is 0. The summed E-state index contributed by atoms with van der Waals surface area (Å²) in [7, 11) is 0. The van der Waals surface area contributed by atoms with Crippen LogP contribution in [0.5, 0.6) is 0 Å². The van der Waals surface area contributed by atoms with Crippen LogP contribution in [0.1, 0.15) is 60.3 Å². The van der Waals surface area contributed by atoms with E-state index in [9.17, 15) is 0 Å². The molecular weight excluding hydrogens is 182 g/mol. The molecule has 1 rings (SSSR count). The Morgan fingerprint density at radius 2 is 1.87 bits per heavy atom. The van der Waals surface area contributed by atoms with Crippen molar-refractivity contribution < 1.29 is 0 Å². The Balaban J connectivity index is 2.64. The zero-order valence-corrected chi connectivity index (χ0v) is 11.2. The van der Waals surface area contributed by atoms with Gasteiger partial charge in [-0.3, -0.25) is 0 Å². The van der Waals surface area contributed by atoms with Crippen LogP contribution >= 0.6 is 0 Å². The maximum atomic E-state index is 6.26. The Labute approximate surface area is 95.8 Å². The average Bonchev–Trinajstić information content (AvgIpc) is 2.15. The number of nitrogens with two attached hydrogens (primary N) is 1. The van der Waals surface area contributed by atoms with Crippen LogP contribution < -0.4 is 5.73 Å². The lowest BCUT2D eigenvalue weighted by Gasteiger charge is -2.42. The van der Waals surface area contributed by atoms with Gasteiger partial charge in [0.2, 0.25) is 0 Å². The summed E-state index contributed by atoms with van der Waals surface area (Å²) in [4.78, 5) is 0. The summed E-state index contributed by atoms with van der Waals surface area (Å²) in [6, 6.07) is 0.457. The second-order valence-corrected chi connectivity index (χ2v) is 6.59. The van der Waals surface area contributed by atoms with Crippen molar-refractivity contribution >= 4 is 0 Å². The van der Waals surface area contributed by atoms with E-state index in [0.717, 1.165) is 17.8 Å². The monoisotopic (exact) mass is 211 g/mol. The van der Waals surface area contributed by atoms with Gasteiger partial charge in [0.05, 0.1) is 0 Å². The number of hydrogen-bond donors (Lipinski definition) is 1. The topological polar surface area (TPSA) is 26.0 Å². The van der Waals surface area contributed by atoms with Crippen LogP contribution in [0.3, 0.4) is 0 Å². The normalized spacial score (nSPS) is 35.2. The SMILES string of the molecule is CCC(C)C1CC(C(C)(C)C)CCC1N. The molecule has 0 aromatic carbocycles. The van der Waals surface area contributed by atoms with Crippen molar-refractivity contribution in [2.24, 2.45) is 28.9 Å². The van der Waals surface area contributed by atoms with Gasteiger partial charge in [-0.25, -0.2) is 0 Å². The van der Waals surface area contributed by atoms with Crippen LogP contribution in [0.4, 0.5) is 0 Å². The molecule has 0 radical (unpaired) electrons. The van der Waals surface area contributed by atoms with Gasteiger partial charge in [-0.15, -0.1) is 0 Å². The summed E-state index contributed by atoms with van der Waals surface area (Å²) in [5.41, 5.74) is 6.73. The molecule has 1 aliphatic carbocycles. The van der Waals surface area contributed by atoms with Crippen molar-refractivity contribution in [2.75, 3.05) is 0 Å². The van der Waals surface area contributed by atoms with Crippen LogP contribution in [-0.2, 0) is 0 Å². The molecule has 4 unspecified atom stereocenters. The highest BCUT2D eigenvalue weighted by molar-refractivity contribution is 4.89. The molecular formula is C14H29N. The molecule has 0 aliphatic heterocycles. The van der Waals surface area contributed by atoms with E-state index in [4.69, 9.17) is 5.73 Å². The fourth-order valence-electron chi connectivity index (χ4n) is 2.97. The van der Waals surface area contributed by atoms with Crippen LogP contribution in [0, 0.1) is 23.2 Å². The van der Waals surface area contributed by atoms with Crippen LogP contribution in [0.2, 0.25) is 0 Å². The molecule has 4 atom stereocenters. The molecule has 0 amide bonds. The second-order valence-electron chi connectivity index (χ2n) is 6.59. The average molecular weight is 211 g/mol. The minimum atomic E-state index is 0.457. The zero-order chi connectivity index (χ0) is 11.6. The first-order chi connectivity index (χ1) is 6.86. The fraction of sp³-hybridized carbons (Fsp3) is 1.00. The third-order valence-electron chi connectivity index (χ3n) is 4.55. The minimum absolute atomic E-state index is 0.457. The first-order valence-corrected chi connectivity index (χ1v) is 6.61. The molecule has 0 saturated heterocycles. The smallest absolute Gasteiger partial charge is 0.00699 e. The molecule has 0 bridgehead atoms. The summed E-state index contributed by atoms with van der Waals surface area (Å²) in [5.74, 6) is 2.43. The molecule has 1 nitrogen and oxygen atoms in total. The zero-order valence-electron chi connectivity index (χ0n) is 11.2. The lowest BCUT2D eigenvalue weighted by Crippen LogP contribution is -2.42. The molecule has 1 fully saturated rings. The minimum Gasteiger partial charge on any atom is -0.327 e. The van der Waals surface area contributed by atoms with E-state index in [0.29, 0.717) is 11.5 Å². The highest BCUT2D eigenvalue weighted by Gasteiger charge is 2.35. The van der Waals surface area contributed by atoms with Crippen molar-refractivity contribution in [3.05, 3.63) is 0 Å². The molecule has 0 spiro atoms. The highest BCUT2D eigenvalue weighted by Crippen LogP contribution is 2.42. The number of rotatable bonds is 2. The van der Waals surface area contributed by atoms with Crippen molar-refractivity contribution in [1.29, 1.82) is 0 Å². The number of hydrogen-bond acceptors (Lipinski definition) is 1. The quantitative estimate of drug-likeness (QED) is 0.738.